The van der Waals surface area contributed by atoms with Crippen molar-refractivity contribution in [2.24, 2.45) is 0 Å². The van der Waals surface area contributed by atoms with Gasteiger partial charge in [0.2, 0.25) is 0 Å². The van der Waals surface area contributed by atoms with Gasteiger partial charge in [-0.2, -0.15) is 5.10 Å². The summed E-state index contributed by atoms with van der Waals surface area (Å²) in [7, 11) is 1.52. The van der Waals surface area contributed by atoms with Gasteiger partial charge in [-0.25, -0.2) is 0 Å². The van der Waals surface area contributed by atoms with E-state index in [2.05, 4.69) is 20.5 Å². The van der Waals surface area contributed by atoms with E-state index in [9.17, 15) is 4.79 Å². The first kappa shape index (κ1) is 15.1. The highest BCUT2D eigenvalue weighted by Crippen LogP contribution is 2.28. The number of halogens is 1. The molecule has 0 radical (unpaired) electrons. The average Bonchev–Trinajstić information content (AvgIpc) is 3.06. The Labute approximate surface area is 137 Å². The zero-order valence-electron chi connectivity index (χ0n) is 12.2. The molecule has 0 spiro atoms. The largest absolute Gasteiger partial charge is 0.495 e. The third-order valence-electron chi connectivity index (χ3n) is 3.16. The van der Waals surface area contributed by atoms with Gasteiger partial charge in [-0.3, -0.25) is 14.9 Å². The van der Waals surface area contributed by atoms with Crippen molar-refractivity contribution in [2.75, 3.05) is 12.4 Å². The summed E-state index contributed by atoms with van der Waals surface area (Å²) >= 11 is 5.95. The number of ether oxygens (including phenoxy) is 1. The Morgan fingerprint density at radius 1 is 1.22 bits per heavy atom. The van der Waals surface area contributed by atoms with Crippen LogP contribution in [0.3, 0.4) is 0 Å². The summed E-state index contributed by atoms with van der Waals surface area (Å²) in [4.78, 5) is 16.5. The van der Waals surface area contributed by atoms with Crippen LogP contribution in [0.4, 0.5) is 5.69 Å². The first-order valence-corrected chi connectivity index (χ1v) is 7.17. The number of aromatic amines is 1. The lowest BCUT2D eigenvalue weighted by Gasteiger charge is -2.09. The number of pyridine rings is 1. The van der Waals surface area contributed by atoms with Crippen LogP contribution in [0.5, 0.6) is 5.75 Å². The highest BCUT2D eigenvalue weighted by atomic mass is 35.5. The predicted octanol–water partition coefficient (Wildman–Crippen LogP) is 3.39. The fourth-order valence-corrected chi connectivity index (χ4v) is 2.22. The molecule has 0 aliphatic rings. The summed E-state index contributed by atoms with van der Waals surface area (Å²) < 4.78 is 5.20. The molecule has 6 nitrogen and oxygen atoms in total. The topological polar surface area (TPSA) is 79.9 Å². The molecule has 0 saturated heterocycles. The molecule has 23 heavy (non-hydrogen) atoms. The average molecular weight is 329 g/mol. The Kier molecular flexibility index (Phi) is 4.25. The minimum atomic E-state index is -0.347. The van der Waals surface area contributed by atoms with E-state index in [4.69, 9.17) is 16.3 Å². The number of amides is 1. The lowest BCUT2D eigenvalue weighted by Crippen LogP contribution is -2.13. The Morgan fingerprint density at radius 2 is 2.09 bits per heavy atom. The third kappa shape index (κ3) is 3.32. The molecule has 0 atom stereocenters. The Hall–Kier alpha value is -2.86. The molecule has 2 heterocycles. The molecule has 0 bridgehead atoms. The molecule has 3 rings (SSSR count). The number of benzene rings is 1. The second kappa shape index (κ2) is 6.50. The fraction of sp³-hybridized carbons (Fsp3) is 0.0625. The number of hydrogen-bond acceptors (Lipinski definition) is 4. The van der Waals surface area contributed by atoms with E-state index < -0.39 is 0 Å². The first-order valence-electron chi connectivity index (χ1n) is 6.79. The molecule has 0 aliphatic heterocycles. The molecule has 0 aliphatic carbocycles. The van der Waals surface area contributed by atoms with Crippen molar-refractivity contribution in [2.45, 2.75) is 0 Å². The molecule has 2 N–H and O–H groups in total. The molecular weight excluding hydrogens is 316 g/mol. The van der Waals surface area contributed by atoms with Crippen LogP contribution in [-0.4, -0.2) is 28.2 Å². The van der Waals surface area contributed by atoms with E-state index in [-0.39, 0.29) is 5.91 Å². The van der Waals surface area contributed by atoms with E-state index in [1.165, 1.54) is 7.11 Å². The van der Waals surface area contributed by atoms with Crippen LogP contribution in [0.1, 0.15) is 10.5 Å². The minimum absolute atomic E-state index is 0.313. The number of hydrogen-bond donors (Lipinski definition) is 2. The number of anilines is 1. The maximum absolute atomic E-state index is 12.3. The number of H-pyrrole nitrogens is 1. The molecular formula is C16H13ClN4O2. The van der Waals surface area contributed by atoms with Crippen LogP contribution in [0, 0.1) is 0 Å². The lowest BCUT2D eigenvalue weighted by atomic mass is 10.2. The number of carbonyl (C=O) groups is 1. The highest BCUT2D eigenvalue weighted by Gasteiger charge is 2.14. The number of nitrogens with zero attached hydrogens (tertiary/aromatic N) is 2. The number of aromatic nitrogens is 3. The van der Waals surface area contributed by atoms with Crippen LogP contribution in [0.25, 0.3) is 11.4 Å². The molecule has 1 amide bonds. The Morgan fingerprint density at radius 3 is 2.83 bits per heavy atom. The van der Waals surface area contributed by atoms with Crippen LogP contribution in [0.15, 0.2) is 48.7 Å². The standard InChI is InChI=1S/C16H13ClN4O2/c1-23-15-6-5-10(17)8-13(15)19-16(22)14-9-12(20-21-14)11-4-2-3-7-18-11/h2-9H,1H3,(H,19,22)(H,20,21). The van der Waals surface area contributed by atoms with Crippen molar-refractivity contribution in [3.05, 3.63) is 59.4 Å². The number of methoxy groups -OCH3 is 1. The summed E-state index contributed by atoms with van der Waals surface area (Å²) in [6.07, 6.45) is 1.67. The second-order valence-corrected chi connectivity index (χ2v) is 5.12. The second-order valence-electron chi connectivity index (χ2n) is 4.68. The van der Waals surface area contributed by atoms with Gasteiger partial charge in [0.15, 0.2) is 0 Å². The van der Waals surface area contributed by atoms with Gasteiger partial charge in [-0.15, -0.1) is 0 Å². The fourth-order valence-electron chi connectivity index (χ4n) is 2.05. The zero-order chi connectivity index (χ0) is 16.2. The molecule has 0 saturated carbocycles. The third-order valence-corrected chi connectivity index (χ3v) is 3.39. The minimum Gasteiger partial charge on any atom is -0.495 e. The van der Waals surface area contributed by atoms with E-state index >= 15 is 0 Å². The van der Waals surface area contributed by atoms with Gasteiger partial charge in [-0.05, 0) is 36.4 Å². The van der Waals surface area contributed by atoms with Gasteiger partial charge in [0.25, 0.3) is 5.91 Å². The summed E-state index contributed by atoms with van der Waals surface area (Å²) in [6.45, 7) is 0. The van der Waals surface area contributed by atoms with Crippen molar-refractivity contribution in [1.29, 1.82) is 0 Å². The van der Waals surface area contributed by atoms with Crippen LogP contribution in [-0.2, 0) is 0 Å². The summed E-state index contributed by atoms with van der Waals surface area (Å²) in [5, 5.41) is 10.0. The van der Waals surface area contributed by atoms with Crippen LogP contribution >= 0.6 is 11.6 Å². The lowest BCUT2D eigenvalue weighted by molar-refractivity contribution is 0.102. The summed E-state index contributed by atoms with van der Waals surface area (Å²) in [6, 6.07) is 12.1. The maximum atomic E-state index is 12.3. The van der Waals surface area contributed by atoms with Gasteiger partial charge in [0.1, 0.15) is 17.1 Å². The van der Waals surface area contributed by atoms with E-state index in [1.54, 1.807) is 30.5 Å². The first-order chi connectivity index (χ1) is 11.2. The monoisotopic (exact) mass is 328 g/mol. The van der Waals surface area contributed by atoms with Gasteiger partial charge in [-0.1, -0.05) is 17.7 Å². The van der Waals surface area contributed by atoms with Crippen molar-refractivity contribution >= 4 is 23.2 Å². The van der Waals surface area contributed by atoms with E-state index in [0.717, 1.165) is 0 Å². The van der Waals surface area contributed by atoms with Crippen molar-refractivity contribution in [3.63, 3.8) is 0 Å². The molecule has 7 heteroatoms. The summed E-state index contributed by atoms with van der Waals surface area (Å²) in [5.74, 6) is 0.174. The zero-order valence-corrected chi connectivity index (χ0v) is 13.0. The summed E-state index contributed by atoms with van der Waals surface area (Å²) in [5.41, 5.74) is 2.07. The smallest absolute Gasteiger partial charge is 0.273 e. The Balaban J connectivity index is 1.82. The number of nitrogens with one attached hydrogen (secondary N) is 2. The molecule has 2 aromatic heterocycles. The van der Waals surface area contributed by atoms with Crippen molar-refractivity contribution in [1.82, 2.24) is 15.2 Å². The van der Waals surface area contributed by atoms with Crippen molar-refractivity contribution < 1.29 is 9.53 Å². The SMILES string of the molecule is COc1ccc(Cl)cc1NC(=O)c1cc(-c2ccccn2)n[nH]1. The van der Waals surface area contributed by atoms with Gasteiger partial charge < -0.3 is 10.1 Å². The Bertz CT molecular complexity index is 833. The normalized spacial score (nSPS) is 10.3. The van der Waals surface area contributed by atoms with Gasteiger partial charge in [0, 0.05) is 11.2 Å². The highest BCUT2D eigenvalue weighted by molar-refractivity contribution is 6.31. The molecule has 0 fully saturated rings. The predicted molar refractivity (Wildman–Crippen MR) is 87.8 cm³/mol. The molecule has 3 aromatic rings. The van der Waals surface area contributed by atoms with Crippen molar-refractivity contribution in [3.8, 4) is 17.1 Å². The molecule has 116 valence electrons. The number of rotatable bonds is 4. The van der Waals surface area contributed by atoms with E-state index in [0.29, 0.717) is 33.5 Å². The van der Waals surface area contributed by atoms with E-state index in [1.807, 2.05) is 18.2 Å². The van der Waals surface area contributed by atoms with Crippen LogP contribution < -0.4 is 10.1 Å². The van der Waals surface area contributed by atoms with Gasteiger partial charge >= 0.3 is 0 Å². The quantitative estimate of drug-likeness (QED) is 0.769. The van der Waals surface area contributed by atoms with Gasteiger partial charge in [0.05, 0.1) is 18.5 Å². The number of carbonyl (C=O) groups excluding carboxylic acids is 1. The maximum Gasteiger partial charge on any atom is 0.273 e. The molecule has 0 unspecified atom stereocenters. The molecule has 1 aromatic carbocycles. The van der Waals surface area contributed by atoms with Crippen LogP contribution in [0.2, 0.25) is 5.02 Å².